The van der Waals surface area contributed by atoms with Crippen LogP contribution in [0, 0.1) is 0 Å². The smallest absolute Gasteiger partial charge is 0.151 e. The molecule has 0 aromatic carbocycles. The minimum atomic E-state index is -2.87. The highest BCUT2D eigenvalue weighted by Crippen LogP contribution is 2.06. The molecule has 0 atom stereocenters. The van der Waals surface area contributed by atoms with Crippen molar-refractivity contribution in [3.05, 3.63) is 17.5 Å². The van der Waals surface area contributed by atoms with E-state index >= 15 is 0 Å². The first-order chi connectivity index (χ1) is 7.98. The summed E-state index contributed by atoms with van der Waals surface area (Å²) in [7, 11) is -0.975. The van der Waals surface area contributed by atoms with Gasteiger partial charge in [0.25, 0.3) is 0 Å². The van der Waals surface area contributed by atoms with E-state index in [0.29, 0.717) is 13.1 Å². The van der Waals surface area contributed by atoms with Crippen LogP contribution in [0.4, 0.5) is 0 Å². The highest BCUT2D eigenvalue weighted by Gasteiger charge is 2.08. The molecule has 0 aliphatic carbocycles. The van der Waals surface area contributed by atoms with Crippen LogP contribution in [0.25, 0.3) is 0 Å². The highest BCUT2D eigenvalue weighted by molar-refractivity contribution is 7.91. The van der Waals surface area contributed by atoms with Crippen LogP contribution in [0.2, 0.25) is 0 Å². The zero-order valence-electron chi connectivity index (χ0n) is 10.7. The quantitative estimate of drug-likeness (QED) is 0.725. The summed E-state index contributed by atoms with van der Waals surface area (Å²) >= 11 is 0. The Morgan fingerprint density at radius 3 is 2.71 bits per heavy atom. The van der Waals surface area contributed by atoms with E-state index in [-0.39, 0.29) is 11.5 Å². The van der Waals surface area contributed by atoms with Crippen molar-refractivity contribution in [2.75, 3.05) is 18.1 Å². The summed E-state index contributed by atoms with van der Waals surface area (Å²) < 4.78 is 24.4. The minimum Gasteiger partial charge on any atom is -0.312 e. The van der Waals surface area contributed by atoms with Crippen LogP contribution in [-0.2, 0) is 29.9 Å². The van der Waals surface area contributed by atoms with Crippen molar-refractivity contribution < 1.29 is 8.42 Å². The van der Waals surface area contributed by atoms with E-state index in [4.69, 9.17) is 0 Å². The second-order valence-electron chi connectivity index (χ2n) is 4.04. The Labute approximate surface area is 103 Å². The van der Waals surface area contributed by atoms with Crippen molar-refractivity contribution in [2.24, 2.45) is 7.05 Å². The standard InChI is InChI=1S/C11H21N3O2S/c1-4-11-10(9-14(3)13-11)8-12-6-7-17(15,16)5-2/h9,12H,4-8H2,1-3H3. The molecule has 17 heavy (non-hydrogen) atoms. The third kappa shape index (κ3) is 4.47. The van der Waals surface area contributed by atoms with Gasteiger partial charge in [-0.05, 0) is 6.42 Å². The van der Waals surface area contributed by atoms with Gasteiger partial charge >= 0.3 is 0 Å². The Bertz CT molecular complexity index is 451. The number of nitrogens with one attached hydrogen (secondary N) is 1. The first-order valence-electron chi connectivity index (χ1n) is 5.91. The summed E-state index contributed by atoms with van der Waals surface area (Å²) in [6.07, 6.45) is 2.87. The lowest BCUT2D eigenvalue weighted by Crippen LogP contribution is -2.23. The summed E-state index contributed by atoms with van der Waals surface area (Å²) in [5.41, 5.74) is 2.21. The maximum atomic E-state index is 11.3. The van der Waals surface area contributed by atoms with E-state index in [1.54, 1.807) is 11.6 Å². The number of nitrogens with zero attached hydrogens (tertiary/aromatic N) is 2. The predicted molar refractivity (Wildman–Crippen MR) is 68.6 cm³/mol. The molecule has 98 valence electrons. The van der Waals surface area contributed by atoms with Gasteiger partial charge < -0.3 is 5.32 Å². The summed E-state index contributed by atoms with van der Waals surface area (Å²) in [6.45, 7) is 4.91. The van der Waals surface area contributed by atoms with Crippen LogP contribution < -0.4 is 5.32 Å². The Morgan fingerprint density at radius 1 is 1.41 bits per heavy atom. The lowest BCUT2D eigenvalue weighted by atomic mass is 10.2. The van der Waals surface area contributed by atoms with E-state index in [0.717, 1.165) is 17.7 Å². The van der Waals surface area contributed by atoms with Gasteiger partial charge in [-0.15, -0.1) is 0 Å². The third-order valence-corrected chi connectivity index (χ3v) is 4.38. The molecule has 0 spiro atoms. The Morgan fingerprint density at radius 2 is 2.12 bits per heavy atom. The van der Waals surface area contributed by atoms with Crippen LogP contribution in [0.3, 0.4) is 0 Å². The third-order valence-electron chi connectivity index (χ3n) is 2.67. The molecule has 0 unspecified atom stereocenters. The van der Waals surface area contributed by atoms with Gasteiger partial charge in [-0.3, -0.25) is 4.68 Å². The molecule has 0 aliphatic heterocycles. The van der Waals surface area contributed by atoms with Crippen molar-refractivity contribution in [3.8, 4) is 0 Å². The number of hydrogen-bond acceptors (Lipinski definition) is 4. The first kappa shape index (κ1) is 14.2. The lowest BCUT2D eigenvalue weighted by molar-refractivity contribution is 0.591. The Balaban J connectivity index is 2.41. The van der Waals surface area contributed by atoms with E-state index in [1.807, 2.05) is 13.2 Å². The van der Waals surface area contributed by atoms with Gasteiger partial charge in [-0.1, -0.05) is 13.8 Å². The van der Waals surface area contributed by atoms with E-state index in [2.05, 4.69) is 17.3 Å². The average Bonchev–Trinajstić information content (AvgIpc) is 2.65. The van der Waals surface area contributed by atoms with Crippen LogP contribution >= 0.6 is 0 Å². The largest absolute Gasteiger partial charge is 0.312 e. The van der Waals surface area contributed by atoms with Crippen LogP contribution in [0.15, 0.2) is 6.20 Å². The van der Waals surface area contributed by atoms with Crippen molar-refractivity contribution in [1.82, 2.24) is 15.1 Å². The van der Waals surface area contributed by atoms with E-state index in [1.165, 1.54) is 0 Å². The number of sulfone groups is 1. The maximum Gasteiger partial charge on any atom is 0.151 e. The summed E-state index contributed by atoms with van der Waals surface area (Å²) in [4.78, 5) is 0. The average molecular weight is 259 g/mol. The molecule has 0 aliphatic rings. The monoisotopic (exact) mass is 259 g/mol. The van der Waals surface area contributed by atoms with Gasteiger partial charge in [0.15, 0.2) is 9.84 Å². The topological polar surface area (TPSA) is 64.0 Å². The van der Waals surface area contributed by atoms with E-state index < -0.39 is 9.84 Å². The predicted octanol–water partition coefficient (Wildman–Crippen LogP) is 0.507. The molecule has 1 aromatic rings. The molecular weight excluding hydrogens is 238 g/mol. The van der Waals surface area contributed by atoms with Crippen LogP contribution in [0.5, 0.6) is 0 Å². The molecule has 5 nitrogen and oxygen atoms in total. The molecule has 1 N–H and O–H groups in total. The van der Waals surface area contributed by atoms with Gasteiger partial charge in [0.2, 0.25) is 0 Å². The highest BCUT2D eigenvalue weighted by atomic mass is 32.2. The number of hydrogen-bond donors (Lipinski definition) is 1. The molecule has 1 aromatic heterocycles. The van der Waals surface area contributed by atoms with Crippen molar-refractivity contribution >= 4 is 9.84 Å². The zero-order valence-corrected chi connectivity index (χ0v) is 11.5. The summed E-state index contributed by atoms with van der Waals surface area (Å²) in [5.74, 6) is 0.410. The van der Waals surface area contributed by atoms with Crippen molar-refractivity contribution in [3.63, 3.8) is 0 Å². The molecule has 6 heteroatoms. The zero-order chi connectivity index (χ0) is 12.9. The molecule has 1 heterocycles. The molecule has 0 saturated heterocycles. The van der Waals surface area contributed by atoms with Gasteiger partial charge in [-0.25, -0.2) is 8.42 Å². The fourth-order valence-corrected chi connectivity index (χ4v) is 2.37. The first-order valence-corrected chi connectivity index (χ1v) is 7.73. The number of aryl methyl sites for hydroxylation is 2. The van der Waals surface area contributed by atoms with E-state index in [9.17, 15) is 8.42 Å². The number of rotatable bonds is 7. The fraction of sp³-hybridized carbons (Fsp3) is 0.727. The molecule has 0 amide bonds. The van der Waals surface area contributed by atoms with Crippen LogP contribution in [-0.4, -0.2) is 36.2 Å². The lowest BCUT2D eigenvalue weighted by Gasteiger charge is -2.04. The molecule has 0 fully saturated rings. The second-order valence-corrected chi connectivity index (χ2v) is 6.51. The second kappa shape index (κ2) is 6.16. The Kier molecular flexibility index (Phi) is 5.14. The molecule has 0 saturated carbocycles. The van der Waals surface area contributed by atoms with Gasteiger partial charge in [0.1, 0.15) is 0 Å². The van der Waals surface area contributed by atoms with Gasteiger partial charge in [0.05, 0.1) is 11.4 Å². The maximum absolute atomic E-state index is 11.3. The SMILES string of the molecule is CCc1nn(C)cc1CNCCS(=O)(=O)CC. The molecule has 1 rings (SSSR count). The van der Waals surface area contributed by atoms with Crippen molar-refractivity contribution in [2.45, 2.75) is 26.8 Å². The molecule has 0 bridgehead atoms. The normalized spacial score (nSPS) is 11.9. The van der Waals surface area contributed by atoms with Gasteiger partial charge in [-0.2, -0.15) is 5.10 Å². The molecular formula is C11H21N3O2S. The Hall–Kier alpha value is -0.880. The minimum absolute atomic E-state index is 0.200. The van der Waals surface area contributed by atoms with Gasteiger partial charge in [0, 0.05) is 37.7 Å². The van der Waals surface area contributed by atoms with Crippen LogP contribution in [0.1, 0.15) is 25.1 Å². The molecule has 0 radical (unpaired) electrons. The van der Waals surface area contributed by atoms with Crippen molar-refractivity contribution in [1.29, 1.82) is 0 Å². The number of aromatic nitrogens is 2. The summed E-state index contributed by atoms with van der Waals surface area (Å²) in [6, 6.07) is 0. The fourth-order valence-electron chi connectivity index (χ4n) is 1.62. The summed E-state index contributed by atoms with van der Waals surface area (Å²) in [5, 5.41) is 7.48.